The van der Waals surface area contributed by atoms with E-state index in [2.05, 4.69) is 10.6 Å². The zero-order valence-corrected chi connectivity index (χ0v) is 12.0. The van der Waals surface area contributed by atoms with Crippen molar-refractivity contribution in [1.29, 1.82) is 0 Å². The molecule has 1 aliphatic rings. The molecule has 21 heavy (non-hydrogen) atoms. The Morgan fingerprint density at radius 3 is 2.76 bits per heavy atom. The predicted molar refractivity (Wildman–Crippen MR) is 77.4 cm³/mol. The van der Waals surface area contributed by atoms with Crippen LogP contribution < -0.4 is 15.4 Å². The van der Waals surface area contributed by atoms with Crippen LogP contribution in [0.5, 0.6) is 11.5 Å². The number of methoxy groups -OCH3 is 1. The predicted octanol–water partition coefficient (Wildman–Crippen LogP) is 1.19. The van der Waals surface area contributed by atoms with Gasteiger partial charge in [-0.2, -0.15) is 0 Å². The van der Waals surface area contributed by atoms with Crippen LogP contribution >= 0.6 is 0 Å². The third-order valence-corrected chi connectivity index (χ3v) is 3.25. The third kappa shape index (κ3) is 4.66. The van der Waals surface area contributed by atoms with Crippen molar-refractivity contribution in [2.45, 2.75) is 31.7 Å². The first kappa shape index (κ1) is 15.2. The lowest BCUT2D eigenvalue weighted by atomic mass is 10.2. The first-order valence-electron chi connectivity index (χ1n) is 7.04. The minimum absolute atomic E-state index is 0.0360. The van der Waals surface area contributed by atoms with Crippen molar-refractivity contribution in [3.05, 3.63) is 23.8 Å². The van der Waals surface area contributed by atoms with Gasteiger partial charge in [-0.15, -0.1) is 0 Å². The van der Waals surface area contributed by atoms with Crippen molar-refractivity contribution >= 4 is 11.8 Å². The molecule has 1 aromatic rings. The van der Waals surface area contributed by atoms with Crippen molar-refractivity contribution in [1.82, 2.24) is 10.6 Å². The lowest BCUT2D eigenvalue weighted by Gasteiger charge is -2.08. The second-order valence-electron chi connectivity index (χ2n) is 5.09. The van der Waals surface area contributed by atoms with E-state index in [0.717, 1.165) is 12.8 Å². The molecule has 6 heteroatoms. The molecule has 6 nitrogen and oxygen atoms in total. The Bertz CT molecular complexity index is 526. The summed E-state index contributed by atoms with van der Waals surface area (Å²) >= 11 is 0. The molecule has 1 saturated carbocycles. The van der Waals surface area contributed by atoms with Gasteiger partial charge in [0.15, 0.2) is 11.5 Å². The summed E-state index contributed by atoms with van der Waals surface area (Å²) in [5.41, 5.74) is 0.357. The van der Waals surface area contributed by atoms with Gasteiger partial charge in [0.05, 0.1) is 7.11 Å². The fourth-order valence-corrected chi connectivity index (χ4v) is 1.91. The molecule has 0 heterocycles. The molecule has 0 atom stereocenters. The van der Waals surface area contributed by atoms with Gasteiger partial charge in [0.25, 0.3) is 5.91 Å². The number of ether oxygens (including phenoxy) is 1. The van der Waals surface area contributed by atoms with E-state index >= 15 is 0 Å². The smallest absolute Gasteiger partial charge is 0.251 e. The topological polar surface area (TPSA) is 87.7 Å². The maximum Gasteiger partial charge on any atom is 0.251 e. The average molecular weight is 292 g/mol. The van der Waals surface area contributed by atoms with Gasteiger partial charge in [0.1, 0.15) is 0 Å². The van der Waals surface area contributed by atoms with Crippen molar-refractivity contribution in [3.8, 4) is 11.5 Å². The summed E-state index contributed by atoms with van der Waals surface area (Å²) in [7, 11) is 1.45. The summed E-state index contributed by atoms with van der Waals surface area (Å²) in [5.74, 6) is 0.00153. The molecule has 2 rings (SSSR count). The fourth-order valence-electron chi connectivity index (χ4n) is 1.91. The Balaban J connectivity index is 1.71. The number of benzene rings is 1. The summed E-state index contributed by atoms with van der Waals surface area (Å²) in [6.07, 6.45) is 3.14. The molecule has 1 aliphatic carbocycles. The fraction of sp³-hybridized carbons (Fsp3) is 0.467. The first-order valence-corrected chi connectivity index (χ1v) is 7.04. The summed E-state index contributed by atoms with van der Waals surface area (Å²) in [4.78, 5) is 23.3. The third-order valence-electron chi connectivity index (χ3n) is 3.25. The van der Waals surface area contributed by atoms with Crippen LogP contribution in [0.3, 0.4) is 0 Å². The number of hydrogen-bond donors (Lipinski definition) is 3. The van der Waals surface area contributed by atoms with E-state index in [1.54, 1.807) is 6.07 Å². The Morgan fingerprint density at radius 1 is 1.38 bits per heavy atom. The Morgan fingerprint density at radius 2 is 2.14 bits per heavy atom. The summed E-state index contributed by atoms with van der Waals surface area (Å²) in [6, 6.07) is 4.84. The molecule has 2 amide bonds. The number of aromatic hydroxyl groups is 1. The van der Waals surface area contributed by atoms with E-state index in [0.29, 0.717) is 36.7 Å². The number of hydrogen-bond acceptors (Lipinski definition) is 4. The molecule has 0 spiro atoms. The number of amides is 2. The van der Waals surface area contributed by atoms with Crippen LogP contribution in [-0.2, 0) is 4.79 Å². The van der Waals surface area contributed by atoms with E-state index in [9.17, 15) is 14.7 Å². The monoisotopic (exact) mass is 292 g/mol. The molecule has 0 bridgehead atoms. The van der Waals surface area contributed by atoms with Crippen LogP contribution in [0, 0.1) is 0 Å². The Labute approximate surface area is 123 Å². The zero-order chi connectivity index (χ0) is 15.2. The van der Waals surface area contributed by atoms with E-state index < -0.39 is 0 Å². The lowest BCUT2D eigenvalue weighted by Crippen LogP contribution is -2.28. The number of nitrogens with one attached hydrogen (secondary N) is 2. The molecule has 0 unspecified atom stereocenters. The molecular weight excluding hydrogens is 272 g/mol. The SMILES string of the molecule is COc1ccc(C(=O)NCCCC(=O)NC2CC2)cc1O. The zero-order valence-electron chi connectivity index (χ0n) is 12.0. The minimum Gasteiger partial charge on any atom is -0.504 e. The van der Waals surface area contributed by atoms with Crippen molar-refractivity contribution in [3.63, 3.8) is 0 Å². The minimum atomic E-state index is -0.282. The van der Waals surface area contributed by atoms with Crippen molar-refractivity contribution in [2.75, 3.05) is 13.7 Å². The van der Waals surface area contributed by atoms with Crippen molar-refractivity contribution in [2.24, 2.45) is 0 Å². The van der Waals surface area contributed by atoms with E-state index in [-0.39, 0.29) is 17.6 Å². The molecule has 0 aliphatic heterocycles. The van der Waals surface area contributed by atoms with Crippen LogP contribution in [-0.4, -0.2) is 36.6 Å². The summed E-state index contributed by atoms with van der Waals surface area (Å²) in [5, 5.41) is 15.2. The average Bonchev–Trinajstić information content (AvgIpc) is 3.27. The van der Waals surface area contributed by atoms with Gasteiger partial charge in [0.2, 0.25) is 5.91 Å². The van der Waals surface area contributed by atoms with E-state index in [4.69, 9.17) is 4.74 Å². The van der Waals surface area contributed by atoms with Crippen LogP contribution in [0.1, 0.15) is 36.0 Å². The van der Waals surface area contributed by atoms with Gasteiger partial charge < -0.3 is 20.5 Å². The number of carbonyl (C=O) groups is 2. The van der Waals surface area contributed by atoms with Gasteiger partial charge >= 0.3 is 0 Å². The maximum atomic E-state index is 11.9. The maximum absolute atomic E-state index is 11.9. The Kier molecular flexibility index (Phi) is 5.03. The van der Waals surface area contributed by atoms with Gasteiger partial charge in [-0.05, 0) is 37.5 Å². The van der Waals surface area contributed by atoms with Gasteiger partial charge in [0, 0.05) is 24.6 Å². The molecule has 0 aromatic heterocycles. The largest absolute Gasteiger partial charge is 0.504 e. The number of phenols is 1. The number of phenolic OH excluding ortho intramolecular Hbond substituents is 1. The standard InChI is InChI=1S/C15H20N2O4/c1-21-13-7-4-10(9-12(13)18)15(20)16-8-2-3-14(19)17-11-5-6-11/h4,7,9,11,18H,2-3,5-6,8H2,1H3,(H,16,20)(H,17,19). The van der Waals surface area contributed by atoms with Gasteiger partial charge in [-0.1, -0.05) is 0 Å². The molecule has 1 aromatic carbocycles. The molecule has 114 valence electrons. The lowest BCUT2D eigenvalue weighted by molar-refractivity contribution is -0.121. The normalized spacial score (nSPS) is 13.6. The van der Waals surface area contributed by atoms with Crippen LogP contribution in [0.25, 0.3) is 0 Å². The van der Waals surface area contributed by atoms with Crippen LogP contribution in [0.2, 0.25) is 0 Å². The first-order chi connectivity index (χ1) is 10.1. The summed E-state index contributed by atoms with van der Waals surface area (Å²) in [6.45, 7) is 0.420. The molecular formula is C15H20N2O4. The summed E-state index contributed by atoms with van der Waals surface area (Å²) < 4.78 is 4.92. The van der Waals surface area contributed by atoms with Crippen LogP contribution in [0.15, 0.2) is 18.2 Å². The molecule has 1 fully saturated rings. The quantitative estimate of drug-likeness (QED) is 0.659. The number of rotatable bonds is 7. The van der Waals surface area contributed by atoms with E-state index in [1.165, 1.54) is 19.2 Å². The highest BCUT2D eigenvalue weighted by Crippen LogP contribution is 2.26. The Hall–Kier alpha value is -2.24. The molecule has 3 N–H and O–H groups in total. The number of carbonyl (C=O) groups excluding carboxylic acids is 2. The van der Waals surface area contributed by atoms with E-state index in [1.807, 2.05) is 0 Å². The van der Waals surface area contributed by atoms with Crippen LogP contribution in [0.4, 0.5) is 0 Å². The second kappa shape index (κ2) is 6.97. The molecule has 0 saturated heterocycles. The highest BCUT2D eigenvalue weighted by Gasteiger charge is 2.22. The van der Waals surface area contributed by atoms with Gasteiger partial charge in [-0.25, -0.2) is 0 Å². The van der Waals surface area contributed by atoms with Gasteiger partial charge in [-0.3, -0.25) is 9.59 Å². The molecule has 0 radical (unpaired) electrons. The second-order valence-corrected chi connectivity index (χ2v) is 5.09. The highest BCUT2D eigenvalue weighted by atomic mass is 16.5. The van der Waals surface area contributed by atoms with Crippen molar-refractivity contribution < 1.29 is 19.4 Å². The highest BCUT2D eigenvalue weighted by molar-refractivity contribution is 5.94.